The number of rotatable bonds is 4. The average molecular weight is 327 g/mol. The minimum absolute atomic E-state index is 0.113. The maximum Gasteiger partial charge on any atom is 0.350 e. The van der Waals surface area contributed by atoms with E-state index in [0.29, 0.717) is 17.0 Å². The van der Waals surface area contributed by atoms with E-state index in [9.17, 15) is 4.57 Å². The quantitative estimate of drug-likeness (QED) is 0.709. The highest BCUT2D eigenvalue weighted by Gasteiger charge is 2.26. The van der Waals surface area contributed by atoms with Crippen molar-refractivity contribution in [2.24, 2.45) is 0 Å². The van der Waals surface area contributed by atoms with Crippen molar-refractivity contribution in [3.05, 3.63) is 12.7 Å². The van der Waals surface area contributed by atoms with Crippen LogP contribution in [0.5, 0.6) is 0 Å². The Morgan fingerprint density at radius 3 is 2.68 bits per heavy atom. The topological polar surface area (TPSA) is 136 Å². The molecule has 2 heterocycles. The summed E-state index contributed by atoms with van der Waals surface area (Å²) in [5.41, 5.74) is 7.09. The van der Waals surface area contributed by atoms with E-state index >= 15 is 0 Å². The molecule has 22 heavy (non-hydrogen) atoms. The number of nitrogens with zero attached hydrogens (tertiary/aromatic N) is 4. The molecule has 0 spiro atoms. The van der Waals surface area contributed by atoms with Gasteiger partial charge in [-0.25, -0.2) is 15.0 Å². The maximum atomic E-state index is 10.8. The summed E-state index contributed by atoms with van der Waals surface area (Å²) in [7, 11) is -4.10. The predicted octanol–water partition coefficient (Wildman–Crippen LogP) is 1.04. The lowest BCUT2D eigenvalue weighted by atomic mass is 9.93. The van der Waals surface area contributed by atoms with Gasteiger partial charge in [-0.15, -0.1) is 0 Å². The number of nitrogens with two attached hydrogens (primary N) is 1. The summed E-state index contributed by atoms with van der Waals surface area (Å²) in [5.74, 6) is 0.363. The number of hydrogen-bond donors (Lipinski definition) is 3. The minimum Gasteiger partial charge on any atom is -0.382 e. The van der Waals surface area contributed by atoms with Gasteiger partial charge >= 0.3 is 7.60 Å². The molecule has 0 unspecified atom stereocenters. The van der Waals surface area contributed by atoms with E-state index in [1.807, 2.05) is 4.57 Å². The monoisotopic (exact) mass is 327 g/mol. The lowest BCUT2D eigenvalue weighted by Gasteiger charge is -2.29. The molecule has 10 heteroatoms. The summed E-state index contributed by atoms with van der Waals surface area (Å²) in [6.45, 7) is 0. The predicted molar refractivity (Wildman–Crippen MR) is 79.0 cm³/mol. The van der Waals surface area contributed by atoms with E-state index in [-0.39, 0.29) is 12.1 Å². The van der Waals surface area contributed by atoms with Gasteiger partial charge in [0.05, 0.1) is 12.4 Å². The molecule has 1 aliphatic rings. The highest BCUT2D eigenvalue weighted by atomic mass is 31.2. The molecule has 0 amide bonds. The van der Waals surface area contributed by atoms with Crippen LogP contribution in [0, 0.1) is 0 Å². The van der Waals surface area contributed by atoms with Gasteiger partial charge in [-0.1, -0.05) is 0 Å². The Hall–Kier alpha value is -1.54. The number of ether oxygens (including phenoxy) is 1. The number of fused-ring (bicyclic) bond motifs is 1. The molecular weight excluding hydrogens is 309 g/mol. The van der Waals surface area contributed by atoms with E-state index in [1.165, 1.54) is 6.33 Å². The lowest BCUT2D eigenvalue weighted by Crippen LogP contribution is -2.24. The SMILES string of the molecule is Nc1ncnc2c1ncn2C1CCC(OCP(=O)(O)O)CC1. The third-order valence-electron chi connectivity index (χ3n) is 3.90. The van der Waals surface area contributed by atoms with Crippen LogP contribution in [-0.2, 0) is 9.30 Å². The Bertz CT molecular complexity index is 707. The first-order chi connectivity index (χ1) is 10.4. The van der Waals surface area contributed by atoms with Crippen molar-refractivity contribution in [2.45, 2.75) is 37.8 Å². The second-order valence-electron chi connectivity index (χ2n) is 5.47. The molecule has 1 fully saturated rings. The van der Waals surface area contributed by atoms with E-state index in [2.05, 4.69) is 15.0 Å². The van der Waals surface area contributed by atoms with Crippen LogP contribution < -0.4 is 5.73 Å². The van der Waals surface area contributed by atoms with Gasteiger partial charge in [0, 0.05) is 6.04 Å². The molecule has 2 aromatic rings. The molecule has 0 atom stereocenters. The standard InChI is InChI=1S/C12H18N5O4P/c13-11-10-12(15-5-14-11)17(6-16-10)8-1-3-9(4-2-8)21-7-22(18,19)20/h5-6,8-9H,1-4,7H2,(H2,13,14,15)(H2,18,19,20). The van der Waals surface area contributed by atoms with Crippen LogP contribution in [0.15, 0.2) is 12.7 Å². The van der Waals surface area contributed by atoms with Crippen LogP contribution in [0.1, 0.15) is 31.7 Å². The molecule has 4 N–H and O–H groups in total. The molecule has 9 nitrogen and oxygen atoms in total. The molecule has 0 bridgehead atoms. The summed E-state index contributed by atoms with van der Waals surface area (Å²) in [6.07, 6.45) is 5.67. The van der Waals surface area contributed by atoms with Crippen molar-refractivity contribution in [3.8, 4) is 0 Å². The summed E-state index contributed by atoms with van der Waals surface area (Å²) in [6, 6.07) is 0.231. The fraction of sp³-hybridized carbons (Fsp3) is 0.583. The van der Waals surface area contributed by atoms with Crippen LogP contribution in [0.3, 0.4) is 0 Å². The molecular formula is C12H18N5O4P. The Morgan fingerprint density at radius 2 is 2.00 bits per heavy atom. The molecule has 0 saturated heterocycles. The van der Waals surface area contributed by atoms with Gasteiger partial charge in [-0.3, -0.25) is 4.57 Å². The smallest absolute Gasteiger partial charge is 0.350 e. The number of aromatic nitrogens is 4. The number of nitrogen functional groups attached to an aromatic ring is 1. The fourth-order valence-corrected chi connectivity index (χ4v) is 3.23. The van der Waals surface area contributed by atoms with Crippen molar-refractivity contribution in [1.29, 1.82) is 0 Å². The highest BCUT2D eigenvalue weighted by Crippen LogP contribution is 2.37. The van der Waals surface area contributed by atoms with E-state index in [4.69, 9.17) is 20.3 Å². The second-order valence-corrected chi connectivity index (χ2v) is 7.06. The van der Waals surface area contributed by atoms with E-state index in [1.54, 1.807) is 6.33 Å². The van der Waals surface area contributed by atoms with Crippen molar-refractivity contribution in [3.63, 3.8) is 0 Å². The normalized spacial score (nSPS) is 23.0. The molecule has 120 valence electrons. The van der Waals surface area contributed by atoms with E-state index in [0.717, 1.165) is 25.7 Å². The van der Waals surface area contributed by atoms with Crippen molar-refractivity contribution in [2.75, 3.05) is 12.1 Å². The Kier molecular flexibility index (Phi) is 4.14. The second kappa shape index (κ2) is 5.92. The molecule has 0 aliphatic heterocycles. The minimum atomic E-state index is -4.10. The Balaban J connectivity index is 1.66. The molecule has 3 rings (SSSR count). The zero-order valence-corrected chi connectivity index (χ0v) is 12.8. The molecule has 0 aromatic carbocycles. The third kappa shape index (κ3) is 3.27. The van der Waals surface area contributed by atoms with Gasteiger partial charge < -0.3 is 24.8 Å². The van der Waals surface area contributed by atoms with Gasteiger partial charge in [0.15, 0.2) is 11.5 Å². The first-order valence-electron chi connectivity index (χ1n) is 7.03. The number of imidazole rings is 1. The van der Waals surface area contributed by atoms with Crippen LogP contribution >= 0.6 is 7.60 Å². The van der Waals surface area contributed by atoms with Gasteiger partial charge in [0.2, 0.25) is 0 Å². The van der Waals surface area contributed by atoms with Gasteiger partial charge in [-0.2, -0.15) is 0 Å². The average Bonchev–Trinajstić information content (AvgIpc) is 2.90. The number of hydrogen-bond acceptors (Lipinski definition) is 6. The maximum absolute atomic E-state index is 10.8. The van der Waals surface area contributed by atoms with Crippen molar-refractivity contribution >= 4 is 24.6 Å². The van der Waals surface area contributed by atoms with Crippen LogP contribution in [0.4, 0.5) is 5.82 Å². The largest absolute Gasteiger partial charge is 0.382 e. The molecule has 1 saturated carbocycles. The van der Waals surface area contributed by atoms with Crippen LogP contribution in [0.2, 0.25) is 0 Å². The molecule has 1 aliphatic carbocycles. The fourth-order valence-electron chi connectivity index (χ4n) is 2.83. The molecule has 2 aromatic heterocycles. The summed E-state index contributed by atoms with van der Waals surface area (Å²) in [5, 5.41) is 0. The first-order valence-corrected chi connectivity index (χ1v) is 8.83. The van der Waals surface area contributed by atoms with Crippen molar-refractivity contribution < 1.29 is 19.1 Å². The van der Waals surface area contributed by atoms with Crippen LogP contribution in [-0.4, -0.2) is 41.8 Å². The van der Waals surface area contributed by atoms with Crippen LogP contribution in [0.25, 0.3) is 11.2 Å². The van der Waals surface area contributed by atoms with E-state index < -0.39 is 13.9 Å². The summed E-state index contributed by atoms with van der Waals surface area (Å²) in [4.78, 5) is 30.1. The zero-order chi connectivity index (χ0) is 15.7. The zero-order valence-electron chi connectivity index (χ0n) is 11.9. The first kappa shape index (κ1) is 15.4. The van der Waals surface area contributed by atoms with Gasteiger partial charge in [-0.05, 0) is 25.7 Å². The molecule has 0 radical (unpaired) electrons. The summed E-state index contributed by atoms with van der Waals surface area (Å²) >= 11 is 0. The lowest BCUT2D eigenvalue weighted by molar-refractivity contribution is 0.0381. The Labute approximate surface area is 126 Å². The van der Waals surface area contributed by atoms with Crippen molar-refractivity contribution in [1.82, 2.24) is 19.5 Å². The summed E-state index contributed by atoms with van der Waals surface area (Å²) < 4.78 is 18.1. The third-order valence-corrected chi connectivity index (χ3v) is 4.39. The van der Waals surface area contributed by atoms with Gasteiger partial charge in [0.25, 0.3) is 0 Å². The number of anilines is 1. The van der Waals surface area contributed by atoms with Gasteiger partial charge in [0.1, 0.15) is 18.2 Å². The Morgan fingerprint density at radius 1 is 1.27 bits per heavy atom. The highest BCUT2D eigenvalue weighted by molar-refractivity contribution is 7.51.